The third-order valence-electron chi connectivity index (χ3n) is 3.47. The first kappa shape index (κ1) is 13.3. The molecule has 98 valence electrons. The zero-order valence-corrected chi connectivity index (χ0v) is 11.2. The predicted molar refractivity (Wildman–Crippen MR) is 73.7 cm³/mol. The van der Waals surface area contributed by atoms with E-state index in [0.29, 0.717) is 5.15 Å². The minimum Gasteiger partial charge on any atom is -0.326 e. The van der Waals surface area contributed by atoms with E-state index in [0.717, 1.165) is 31.4 Å². The van der Waals surface area contributed by atoms with Gasteiger partial charge in [-0.2, -0.15) is 0 Å². The van der Waals surface area contributed by atoms with Gasteiger partial charge in [-0.25, -0.2) is 4.98 Å². The largest absolute Gasteiger partial charge is 0.326 e. The van der Waals surface area contributed by atoms with Gasteiger partial charge in [-0.15, -0.1) is 0 Å². The molecule has 0 atom stereocenters. The summed E-state index contributed by atoms with van der Waals surface area (Å²) in [6.07, 6.45) is 9.76. The topological polar surface area (TPSA) is 42.0 Å². The predicted octanol–water partition coefficient (Wildman–Crippen LogP) is 4.03. The van der Waals surface area contributed by atoms with Gasteiger partial charge in [0, 0.05) is 17.8 Å². The van der Waals surface area contributed by atoms with Gasteiger partial charge >= 0.3 is 0 Å². The SMILES string of the molecule is O=C(Nc1ccnc(Cl)c1)C1CCCCCCC1. The summed E-state index contributed by atoms with van der Waals surface area (Å²) in [5.41, 5.74) is 0.738. The van der Waals surface area contributed by atoms with Crippen molar-refractivity contribution in [2.75, 3.05) is 5.32 Å². The molecule has 1 aliphatic rings. The molecule has 4 heteroatoms. The third kappa shape index (κ3) is 3.98. The van der Waals surface area contributed by atoms with Crippen LogP contribution in [0.3, 0.4) is 0 Å². The molecule has 0 aliphatic heterocycles. The van der Waals surface area contributed by atoms with Crippen LogP contribution in [0, 0.1) is 5.92 Å². The second-order valence-corrected chi connectivity index (χ2v) is 5.29. The number of rotatable bonds is 2. The lowest BCUT2D eigenvalue weighted by molar-refractivity contribution is -0.120. The molecule has 3 nitrogen and oxygen atoms in total. The van der Waals surface area contributed by atoms with Gasteiger partial charge in [0.15, 0.2) is 0 Å². The quantitative estimate of drug-likeness (QED) is 0.821. The molecule has 1 heterocycles. The van der Waals surface area contributed by atoms with Crippen molar-refractivity contribution in [2.24, 2.45) is 5.92 Å². The van der Waals surface area contributed by atoms with Gasteiger partial charge in [0.25, 0.3) is 0 Å². The van der Waals surface area contributed by atoms with E-state index in [9.17, 15) is 4.79 Å². The summed E-state index contributed by atoms with van der Waals surface area (Å²) < 4.78 is 0. The number of carbonyl (C=O) groups excluding carboxylic acids is 1. The molecular formula is C14H19ClN2O. The van der Waals surface area contributed by atoms with Gasteiger partial charge in [-0.05, 0) is 25.0 Å². The van der Waals surface area contributed by atoms with Crippen LogP contribution in [-0.4, -0.2) is 10.9 Å². The Bertz CT molecular complexity index is 401. The van der Waals surface area contributed by atoms with Gasteiger partial charge in [0.1, 0.15) is 5.15 Å². The zero-order chi connectivity index (χ0) is 12.8. The first-order valence-corrected chi connectivity index (χ1v) is 7.06. The van der Waals surface area contributed by atoms with Crippen LogP contribution in [0.5, 0.6) is 0 Å². The highest BCUT2D eigenvalue weighted by molar-refractivity contribution is 6.29. The average Bonchev–Trinajstić information content (AvgIpc) is 2.28. The summed E-state index contributed by atoms with van der Waals surface area (Å²) in [6.45, 7) is 0. The molecule has 0 aromatic carbocycles. The van der Waals surface area contributed by atoms with Gasteiger partial charge in [0.05, 0.1) is 0 Å². The average molecular weight is 267 g/mol. The summed E-state index contributed by atoms with van der Waals surface area (Å²) in [6, 6.07) is 3.45. The molecule has 0 radical (unpaired) electrons. The first-order chi connectivity index (χ1) is 8.75. The highest BCUT2D eigenvalue weighted by Crippen LogP contribution is 2.24. The molecule has 1 aliphatic carbocycles. The molecule has 2 rings (SSSR count). The number of aromatic nitrogens is 1. The van der Waals surface area contributed by atoms with Crippen LogP contribution >= 0.6 is 11.6 Å². The van der Waals surface area contributed by atoms with E-state index in [1.807, 2.05) is 0 Å². The van der Waals surface area contributed by atoms with Crippen molar-refractivity contribution in [3.8, 4) is 0 Å². The van der Waals surface area contributed by atoms with E-state index >= 15 is 0 Å². The fourth-order valence-electron chi connectivity index (χ4n) is 2.44. The molecule has 1 aromatic rings. The van der Waals surface area contributed by atoms with Crippen molar-refractivity contribution in [1.82, 2.24) is 4.98 Å². The minimum absolute atomic E-state index is 0.124. The summed E-state index contributed by atoms with van der Waals surface area (Å²) in [7, 11) is 0. The monoisotopic (exact) mass is 266 g/mol. The lowest BCUT2D eigenvalue weighted by atomic mass is 9.90. The standard InChI is InChI=1S/C14H19ClN2O/c15-13-10-12(8-9-16-13)17-14(18)11-6-4-2-1-3-5-7-11/h8-11H,1-7H2,(H,16,17,18). The number of hydrogen-bond donors (Lipinski definition) is 1. The molecule has 1 saturated carbocycles. The van der Waals surface area contributed by atoms with Crippen LogP contribution in [0.25, 0.3) is 0 Å². The second kappa shape index (κ2) is 6.74. The fourth-order valence-corrected chi connectivity index (χ4v) is 2.62. The van der Waals surface area contributed by atoms with Gasteiger partial charge in [-0.1, -0.05) is 43.7 Å². The summed E-state index contributed by atoms with van der Waals surface area (Å²) in [5.74, 6) is 0.274. The number of amides is 1. The number of hydrogen-bond acceptors (Lipinski definition) is 2. The molecule has 1 N–H and O–H groups in total. The van der Waals surface area contributed by atoms with Gasteiger partial charge in [-0.3, -0.25) is 4.79 Å². The minimum atomic E-state index is 0.124. The number of halogens is 1. The number of anilines is 1. The lowest BCUT2D eigenvalue weighted by Crippen LogP contribution is -2.23. The summed E-state index contributed by atoms with van der Waals surface area (Å²) >= 11 is 5.80. The Morgan fingerprint density at radius 2 is 1.89 bits per heavy atom. The van der Waals surface area contributed by atoms with Crippen molar-refractivity contribution in [1.29, 1.82) is 0 Å². The third-order valence-corrected chi connectivity index (χ3v) is 3.68. The van der Waals surface area contributed by atoms with E-state index < -0.39 is 0 Å². The van der Waals surface area contributed by atoms with Crippen LogP contribution in [0.15, 0.2) is 18.3 Å². The number of pyridine rings is 1. The van der Waals surface area contributed by atoms with Crippen LogP contribution in [0.1, 0.15) is 44.9 Å². The van der Waals surface area contributed by atoms with E-state index in [-0.39, 0.29) is 11.8 Å². The molecule has 0 saturated heterocycles. The van der Waals surface area contributed by atoms with E-state index in [1.54, 1.807) is 18.3 Å². The molecule has 0 spiro atoms. The Morgan fingerprint density at radius 1 is 1.22 bits per heavy atom. The fraction of sp³-hybridized carbons (Fsp3) is 0.571. The second-order valence-electron chi connectivity index (χ2n) is 4.90. The van der Waals surface area contributed by atoms with E-state index in [4.69, 9.17) is 11.6 Å². The molecule has 18 heavy (non-hydrogen) atoms. The molecule has 1 aromatic heterocycles. The summed E-state index contributed by atoms with van der Waals surface area (Å²) in [4.78, 5) is 16.1. The van der Waals surface area contributed by atoms with Crippen molar-refractivity contribution in [2.45, 2.75) is 44.9 Å². The first-order valence-electron chi connectivity index (χ1n) is 6.68. The molecule has 1 amide bonds. The molecular weight excluding hydrogens is 248 g/mol. The normalized spacial score (nSPS) is 17.8. The number of nitrogens with zero attached hydrogens (tertiary/aromatic N) is 1. The van der Waals surface area contributed by atoms with Gasteiger partial charge < -0.3 is 5.32 Å². The van der Waals surface area contributed by atoms with Crippen LogP contribution in [-0.2, 0) is 4.79 Å². The highest BCUT2D eigenvalue weighted by atomic mass is 35.5. The van der Waals surface area contributed by atoms with Gasteiger partial charge in [0.2, 0.25) is 5.91 Å². The Kier molecular flexibility index (Phi) is 5.00. The maximum absolute atomic E-state index is 12.2. The Balaban J connectivity index is 1.93. The van der Waals surface area contributed by atoms with Crippen LogP contribution < -0.4 is 5.32 Å². The zero-order valence-electron chi connectivity index (χ0n) is 10.5. The van der Waals surface area contributed by atoms with Crippen LogP contribution in [0.4, 0.5) is 5.69 Å². The maximum Gasteiger partial charge on any atom is 0.227 e. The Morgan fingerprint density at radius 3 is 2.56 bits per heavy atom. The summed E-state index contributed by atoms with van der Waals surface area (Å²) in [5, 5.41) is 3.35. The highest BCUT2D eigenvalue weighted by Gasteiger charge is 2.19. The maximum atomic E-state index is 12.2. The van der Waals surface area contributed by atoms with E-state index in [2.05, 4.69) is 10.3 Å². The van der Waals surface area contributed by atoms with Crippen molar-refractivity contribution >= 4 is 23.2 Å². The molecule has 1 fully saturated rings. The number of nitrogens with one attached hydrogen (secondary N) is 1. The Hall–Kier alpha value is -1.09. The van der Waals surface area contributed by atoms with Crippen molar-refractivity contribution in [3.63, 3.8) is 0 Å². The smallest absolute Gasteiger partial charge is 0.227 e. The van der Waals surface area contributed by atoms with Crippen LogP contribution in [0.2, 0.25) is 5.15 Å². The number of carbonyl (C=O) groups is 1. The van der Waals surface area contributed by atoms with Crippen molar-refractivity contribution in [3.05, 3.63) is 23.5 Å². The molecule has 0 bridgehead atoms. The van der Waals surface area contributed by atoms with E-state index in [1.165, 1.54) is 19.3 Å². The van der Waals surface area contributed by atoms with Crippen molar-refractivity contribution < 1.29 is 4.79 Å². The lowest BCUT2D eigenvalue weighted by Gasteiger charge is -2.19. The Labute approximate surface area is 113 Å². The molecule has 0 unspecified atom stereocenters.